The number of carbonyl (C=O) groups excluding carboxylic acids is 1. The van der Waals surface area contributed by atoms with Crippen molar-refractivity contribution in [2.75, 3.05) is 31.6 Å². The van der Waals surface area contributed by atoms with Crippen LogP contribution in [0.4, 0.5) is 5.69 Å². The molecule has 1 aromatic carbocycles. The monoisotopic (exact) mass is 438 g/mol. The fraction of sp³-hybridized carbons (Fsp3) is 0.375. The number of rotatable bonds is 11. The van der Waals surface area contributed by atoms with Gasteiger partial charge >= 0.3 is 0 Å². The first-order chi connectivity index (χ1) is 15.1. The number of aryl methyl sites for hydroxylation is 1. The Hall–Kier alpha value is -2.77. The maximum absolute atomic E-state index is 12.8. The lowest BCUT2D eigenvalue weighted by molar-refractivity contribution is 0.103. The molecule has 3 rings (SSSR count). The van der Waals surface area contributed by atoms with E-state index in [1.807, 2.05) is 43.3 Å². The minimum atomic E-state index is -0.162. The summed E-state index contributed by atoms with van der Waals surface area (Å²) >= 11 is 1.38. The number of benzene rings is 1. The average molecular weight is 439 g/mol. The van der Waals surface area contributed by atoms with Crippen LogP contribution in [0.25, 0.3) is 10.6 Å². The summed E-state index contributed by atoms with van der Waals surface area (Å²) in [5.74, 6) is 0.591. The van der Waals surface area contributed by atoms with Gasteiger partial charge in [-0.15, -0.1) is 11.3 Å². The molecule has 3 aromatic rings. The number of pyridine rings is 1. The van der Waals surface area contributed by atoms with E-state index in [2.05, 4.69) is 34.0 Å². The Labute approximate surface area is 188 Å². The lowest BCUT2D eigenvalue weighted by Crippen LogP contribution is -2.30. The molecule has 1 N–H and O–H groups in total. The molecule has 0 aliphatic carbocycles. The molecular formula is C24H30N4O2S. The molecule has 164 valence electrons. The van der Waals surface area contributed by atoms with Crippen LogP contribution in [0.15, 0.2) is 48.8 Å². The van der Waals surface area contributed by atoms with E-state index in [-0.39, 0.29) is 5.91 Å². The van der Waals surface area contributed by atoms with E-state index in [0.29, 0.717) is 22.9 Å². The quantitative estimate of drug-likeness (QED) is 0.442. The van der Waals surface area contributed by atoms with Gasteiger partial charge in [-0.25, -0.2) is 4.98 Å². The maximum atomic E-state index is 12.8. The number of anilines is 1. The standard InChI is InChI=1S/C24H30N4O2S/c1-4-13-28(14-5-2)15-16-30-21-8-6-7-20(17-21)27-23(29)22-18(3)26-24(31-22)19-9-11-25-12-10-19/h6-12,17H,4-5,13-16H2,1-3H3,(H,27,29). The molecule has 2 aromatic heterocycles. The first-order valence-corrected chi connectivity index (χ1v) is 11.6. The summed E-state index contributed by atoms with van der Waals surface area (Å²) < 4.78 is 5.93. The Morgan fingerprint density at radius 1 is 1.10 bits per heavy atom. The van der Waals surface area contributed by atoms with Crippen molar-refractivity contribution < 1.29 is 9.53 Å². The number of hydrogen-bond acceptors (Lipinski definition) is 6. The van der Waals surface area contributed by atoms with Crippen LogP contribution < -0.4 is 10.1 Å². The van der Waals surface area contributed by atoms with Gasteiger partial charge in [-0.3, -0.25) is 14.7 Å². The predicted molar refractivity (Wildman–Crippen MR) is 127 cm³/mol. The summed E-state index contributed by atoms with van der Waals surface area (Å²) in [6.45, 7) is 9.94. The van der Waals surface area contributed by atoms with Crippen molar-refractivity contribution in [2.24, 2.45) is 0 Å². The molecule has 0 saturated carbocycles. The summed E-state index contributed by atoms with van der Waals surface area (Å²) in [6, 6.07) is 11.3. The van der Waals surface area contributed by atoms with Gasteiger partial charge in [0.15, 0.2) is 0 Å². The van der Waals surface area contributed by atoms with Gasteiger partial charge in [0.25, 0.3) is 5.91 Å². The van der Waals surface area contributed by atoms with Gasteiger partial charge in [0.2, 0.25) is 0 Å². The van der Waals surface area contributed by atoms with E-state index < -0.39 is 0 Å². The molecule has 6 nitrogen and oxygen atoms in total. The Morgan fingerprint density at radius 3 is 2.55 bits per heavy atom. The van der Waals surface area contributed by atoms with E-state index in [0.717, 1.165) is 48.8 Å². The van der Waals surface area contributed by atoms with Crippen LogP contribution in [0.3, 0.4) is 0 Å². The molecule has 0 spiro atoms. The van der Waals surface area contributed by atoms with Crippen LogP contribution in [-0.2, 0) is 0 Å². The van der Waals surface area contributed by atoms with Crippen LogP contribution in [-0.4, -0.2) is 47.0 Å². The van der Waals surface area contributed by atoms with Crippen molar-refractivity contribution in [3.63, 3.8) is 0 Å². The van der Waals surface area contributed by atoms with Gasteiger partial charge in [-0.05, 0) is 57.1 Å². The number of carbonyl (C=O) groups is 1. The zero-order valence-electron chi connectivity index (χ0n) is 18.4. The Kier molecular flexibility index (Phi) is 8.55. The minimum absolute atomic E-state index is 0.162. The normalized spacial score (nSPS) is 11.0. The van der Waals surface area contributed by atoms with Crippen LogP contribution in [0.1, 0.15) is 42.1 Å². The third-order valence-corrected chi connectivity index (χ3v) is 5.98. The SMILES string of the molecule is CCCN(CCC)CCOc1cccc(NC(=O)c2sc(-c3ccncc3)nc2C)c1. The fourth-order valence-electron chi connectivity index (χ4n) is 3.34. The minimum Gasteiger partial charge on any atom is -0.492 e. The summed E-state index contributed by atoms with van der Waals surface area (Å²) in [5, 5.41) is 3.78. The van der Waals surface area contributed by atoms with Crippen molar-refractivity contribution in [3.05, 3.63) is 59.4 Å². The highest BCUT2D eigenvalue weighted by Crippen LogP contribution is 2.28. The lowest BCUT2D eigenvalue weighted by Gasteiger charge is -2.21. The van der Waals surface area contributed by atoms with Crippen LogP contribution in [0.2, 0.25) is 0 Å². The Bertz CT molecular complexity index is 969. The highest BCUT2D eigenvalue weighted by Gasteiger charge is 2.16. The molecule has 0 aliphatic rings. The smallest absolute Gasteiger partial charge is 0.267 e. The van der Waals surface area contributed by atoms with Gasteiger partial charge in [-0.2, -0.15) is 0 Å². The first kappa shape index (κ1) is 22.9. The third kappa shape index (κ3) is 6.60. The topological polar surface area (TPSA) is 67.3 Å². The highest BCUT2D eigenvalue weighted by molar-refractivity contribution is 7.17. The summed E-state index contributed by atoms with van der Waals surface area (Å²) in [6.07, 6.45) is 5.73. The zero-order chi connectivity index (χ0) is 22.1. The van der Waals surface area contributed by atoms with Crippen LogP contribution in [0.5, 0.6) is 5.75 Å². The number of nitrogens with zero attached hydrogens (tertiary/aromatic N) is 3. The number of ether oxygens (including phenoxy) is 1. The lowest BCUT2D eigenvalue weighted by atomic mass is 10.3. The van der Waals surface area contributed by atoms with E-state index in [1.54, 1.807) is 12.4 Å². The maximum Gasteiger partial charge on any atom is 0.267 e. The molecular weight excluding hydrogens is 408 g/mol. The number of aromatic nitrogens is 2. The first-order valence-electron chi connectivity index (χ1n) is 10.7. The van der Waals surface area contributed by atoms with Crippen molar-refractivity contribution in [1.82, 2.24) is 14.9 Å². The van der Waals surface area contributed by atoms with E-state index in [9.17, 15) is 4.79 Å². The molecule has 7 heteroatoms. The molecule has 0 fully saturated rings. The van der Waals surface area contributed by atoms with E-state index in [4.69, 9.17) is 4.74 Å². The molecule has 0 radical (unpaired) electrons. The molecule has 0 saturated heterocycles. The van der Waals surface area contributed by atoms with Crippen LogP contribution in [0, 0.1) is 6.92 Å². The van der Waals surface area contributed by atoms with E-state index >= 15 is 0 Å². The number of amides is 1. The second-order valence-electron chi connectivity index (χ2n) is 7.34. The number of hydrogen-bond donors (Lipinski definition) is 1. The number of nitrogens with one attached hydrogen (secondary N) is 1. The van der Waals surface area contributed by atoms with Gasteiger partial charge in [0.1, 0.15) is 22.2 Å². The van der Waals surface area contributed by atoms with Crippen LogP contribution >= 0.6 is 11.3 Å². The van der Waals surface area contributed by atoms with Gasteiger partial charge in [0.05, 0.1) is 5.69 Å². The molecule has 0 atom stereocenters. The average Bonchev–Trinajstić information content (AvgIpc) is 3.17. The van der Waals surface area contributed by atoms with Gasteiger partial charge in [0, 0.05) is 36.3 Å². The summed E-state index contributed by atoms with van der Waals surface area (Å²) in [5.41, 5.74) is 2.38. The Morgan fingerprint density at radius 2 is 1.84 bits per heavy atom. The number of thiazole rings is 1. The van der Waals surface area contributed by atoms with Gasteiger partial charge < -0.3 is 10.1 Å². The molecule has 0 unspecified atom stereocenters. The summed E-state index contributed by atoms with van der Waals surface area (Å²) in [4.78, 5) is 24.4. The van der Waals surface area contributed by atoms with Crippen molar-refractivity contribution >= 4 is 22.9 Å². The van der Waals surface area contributed by atoms with Crippen molar-refractivity contribution in [3.8, 4) is 16.3 Å². The highest BCUT2D eigenvalue weighted by atomic mass is 32.1. The zero-order valence-corrected chi connectivity index (χ0v) is 19.2. The fourth-order valence-corrected chi connectivity index (χ4v) is 4.30. The van der Waals surface area contributed by atoms with E-state index in [1.165, 1.54) is 11.3 Å². The largest absolute Gasteiger partial charge is 0.492 e. The second kappa shape index (κ2) is 11.6. The summed E-state index contributed by atoms with van der Waals surface area (Å²) in [7, 11) is 0. The predicted octanol–water partition coefficient (Wildman–Crippen LogP) is 5.27. The van der Waals surface area contributed by atoms with Crippen molar-refractivity contribution in [2.45, 2.75) is 33.6 Å². The Balaban J connectivity index is 1.60. The van der Waals surface area contributed by atoms with Crippen molar-refractivity contribution in [1.29, 1.82) is 0 Å². The molecule has 0 aliphatic heterocycles. The van der Waals surface area contributed by atoms with Gasteiger partial charge in [-0.1, -0.05) is 19.9 Å². The third-order valence-electron chi connectivity index (χ3n) is 4.78. The molecule has 31 heavy (non-hydrogen) atoms. The second-order valence-corrected chi connectivity index (χ2v) is 8.34. The molecule has 1 amide bonds. The molecule has 2 heterocycles. The molecule has 0 bridgehead atoms.